The number of ketones is 2. The molecule has 0 unspecified atom stereocenters. The van der Waals surface area contributed by atoms with E-state index in [1.807, 2.05) is 32.0 Å². The van der Waals surface area contributed by atoms with Crippen molar-refractivity contribution in [3.63, 3.8) is 0 Å². The highest BCUT2D eigenvalue weighted by atomic mass is 79.9. The zero-order valence-corrected chi connectivity index (χ0v) is 27.5. The second-order valence-electron chi connectivity index (χ2n) is 12.7. The number of hydrogen-bond donors (Lipinski definition) is 2. The highest BCUT2D eigenvalue weighted by Crippen LogP contribution is 2.57. The number of carbonyl (C=O) groups excluding carboxylic acids is 2. The molecule has 4 atom stereocenters. The van der Waals surface area contributed by atoms with Gasteiger partial charge in [0.25, 0.3) is 5.88 Å². The summed E-state index contributed by atoms with van der Waals surface area (Å²) in [6, 6.07) is 1.27. The Kier molecular flexibility index (Phi) is 8.58. The topological polar surface area (TPSA) is 126 Å². The molecule has 1 aliphatic heterocycles. The van der Waals surface area contributed by atoms with Crippen LogP contribution in [0.25, 0.3) is 0 Å². The van der Waals surface area contributed by atoms with Gasteiger partial charge in [-0.1, -0.05) is 26.7 Å². The molecule has 0 spiro atoms. The second-order valence-corrected chi connectivity index (χ2v) is 13.6. The Morgan fingerprint density at radius 2 is 1.80 bits per heavy atom. The lowest BCUT2D eigenvalue weighted by Gasteiger charge is -2.49. The fraction of sp³-hybridized carbons (Fsp3) is 0.606. The van der Waals surface area contributed by atoms with Crippen LogP contribution in [0.1, 0.15) is 96.9 Å². The molecule has 1 fully saturated rings. The molecule has 10 nitrogen and oxygen atoms in total. The number of nitrogens with zero attached hydrogens (tertiary/aromatic N) is 3. The Bertz CT molecular complexity index is 1490. The van der Waals surface area contributed by atoms with Crippen LogP contribution in [-0.2, 0) is 6.42 Å². The van der Waals surface area contributed by atoms with Crippen LogP contribution in [0, 0.1) is 11.8 Å². The predicted molar refractivity (Wildman–Crippen MR) is 168 cm³/mol. The van der Waals surface area contributed by atoms with Gasteiger partial charge >= 0.3 is 0 Å². The predicted octanol–water partition coefficient (Wildman–Crippen LogP) is 5.81. The average molecular weight is 673 g/mol. The molecule has 2 heterocycles. The van der Waals surface area contributed by atoms with Gasteiger partial charge in [-0.15, -0.1) is 0 Å². The van der Waals surface area contributed by atoms with Crippen molar-refractivity contribution in [1.29, 1.82) is 0 Å². The molecule has 44 heavy (non-hydrogen) atoms. The minimum Gasteiger partial charge on any atom is -0.508 e. The molecule has 1 aromatic heterocycles. The summed E-state index contributed by atoms with van der Waals surface area (Å²) in [5.74, 6) is -2.16. The molecule has 1 aromatic carbocycles. The number of aliphatic hydroxyl groups excluding tert-OH is 1. The molecule has 0 bridgehead atoms. The van der Waals surface area contributed by atoms with E-state index in [0.29, 0.717) is 43.1 Å². The lowest BCUT2D eigenvalue weighted by Crippen LogP contribution is -2.59. The number of hydrogen-bond acceptors (Lipinski definition) is 10. The van der Waals surface area contributed by atoms with Crippen molar-refractivity contribution < 1.29 is 33.8 Å². The molecule has 4 aliphatic rings. The standard InChI is InChI=1S/C33H42BrN3O7/c1-5-7-13-42-22-17-21(34)26(37-11-9-10-12-37)19-15-18-16-20-27(36(3)4)29-25(32(35-44-29)43-14-8-6-2)31(40)33(20,41)30(39)23(18)28(38)24(19)22/h17-18,20,27,39,41H,5-16H2,1-4H3/t18-,20-,27-,33-/m0/s1. The van der Waals surface area contributed by atoms with Crippen LogP contribution >= 0.6 is 15.9 Å². The molecular weight excluding hydrogens is 630 g/mol. The number of fused-ring (bicyclic) bond motifs is 4. The van der Waals surface area contributed by atoms with Crippen LogP contribution < -0.4 is 14.4 Å². The zero-order valence-electron chi connectivity index (χ0n) is 25.9. The Balaban J connectivity index is 1.50. The molecular formula is C33H42BrN3O7. The Labute approximate surface area is 266 Å². The maximum Gasteiger partial charge on any atom is 0.265 e. The van der Waals surface area contributed by atoms with Gasteiger partial charge in [0.05, 0.1) is 30.5 Å². The van der Waals surface area contributed by atoms with E-state index < -0.39 is 40.8 Å². The van der Waals surface area contributed by atoms with E-state index in [1.54, 1.807) is 0 Å². The molecule has 0 radical (unpaired) electrons. The Morgan fingerprint density at radius 3 is 2.45 bits per heavy atom. The fourth-order valence-electron chi connectivity index (χ4n) is 7.58. The van der Waals surface area contributed by atoms with E-state index >= 15 is 0 Å². The van der Waals surface area contributed by atoms with E-state index in [2.05, 4.69) is 32.9 Å². The SMILES string of the molecule is CCCCOc1cc(Br)c(N2CCCC2)c2c1C(=O)C1=C(O)[C@]3(O)C(=O)c4c(OCCCC)noc4[C@@H](N(C)C)[C@@H]3C[C@@H]1C2. The van der Waals surface area contributed by atoms with Crippen LogP contribution in [0.2, 0.25) is 0 Å². The Hall–Kier alpha value is -2.89. The molecule has 2 aromatic rings. The van der Waals surface area contributed by atoms with Crippen LogP contribution in [0.5, 0.6) is 11.6 Å². The molecule has 11 heteroatoms. The first-order valence-electron chi connectivity index (χ1n) is 15.9. The van der Waals surface area contributed by atoms with Crippen LogP contribution in [0.3, 0.4) is 0 Å². The van der Waals surface area contributed by atoms with Crippen molar-refractivity contribution in [3.05, 3.63) is 44.3 Å². The first kappa shape index (κ1) is 31.1. The molecule has 0 saturated carbocycles. The third-order valence-corrected chi connectivity index (χ3v) is 10.3. The first-order valence-corrected chi connectivity index (χ1v) is 16.7. The van der Waals surface area contributed by atoms with Gasteiger partial charge in [-0.3, -0.25) is 14.5 Å². The average Bonchev–Trinajstić information content (AvgIpc) is 3.66. The van der Waals surface area contributed by atoms with Gasteiger partial charge in [0.15, 0.2) is 17.1 Å². The van der Waals surface area contributed by atoms with Crippen molar-refractivity contribution >= 4 is 33.2 Å². The molecule has 0 amide bonds. The number of aromatic nitrogens is 1. The highest BCUT2D eigenvalue weighted by molar-refractivity contribution is 9.10. The second kappa shape index (κ2) is 12.1. The summed E-state index contributed by atoms with van der Waals surface area (Å²) >= 11 is 3.79. The number of benzene rings is 1. The number of rotatable bonds is 10. The number of aliphatic hydroxyl groups is 2. The fourth-order valence-corrected chi connectivity index (χ4v) is 8.27. The van der Waals surface area contributed by atoms with E-state index in [9.17, 15) is 19.8 Å². The van der Waals surface area contributed by atoms with Gasteiger partial charge in [-0.2, -0.15) is 0 Å². The molecule has 6 rings (SSSR count). The number of unbranched alkanes of at least 4 members (excludes halogenated alkanes) is 2. The summed E-state index contributed by atoms with van der Waals surface area (Å²) in [6.45, 7) is 6.67. The number of ether oxygens (including phenoxy) is 2. The van der Waals surface area contributed by atoms with Crippen LogP contribution in [0.4, 0.5) is 5.69 Å². The maximum absolute atomic E-state index is 14.5. The largest absolute Gasteiger partial charge is 0.508 e. The summed E-state index contributed by atoms with van der Waals surface area (Å²) in [4.78, 5) is 32.9. The number of anilines is 1. The van der Waals surface area contributed by atoms with Gasteiger partial charge < -0.3 is 29.1 Å². The minimum absolute atomic E-state index is 0.00382. The van der Waals surface area contributed by atoms with Crippen molar-refractivity contribution in [2.24, 2.45) is 11.8 Å². The number of carbonyl (C=O) groups is 2. The minimum atomic E-state index is -2.34. The lowest BCUT2D eigenvalue weighted by molar-refractivity contribution is -0.0559. The molecule has 2 N–H and O–H groups in total. The molecule has 3 aliphatic carbocycles. The summed E-state index contributed by atoms with van der Waals surface area (Å²) in [7, 11) is 3.68. The van der Waals surface area contributed by atoms with Crippen molar-refractivity contribution in [2.45, 2.75) is 76.9 Å². The van der Waals surface area contributed by atoms with Crippen molar-refractivity contribution in [1.82, 2.24) is 10.1 Å². The monoisotopic (exact) mass is 671 g/mol. The lowest BCUT2D eigenvalue weighted by atomic mass is 9.58. The van der Waals surface area contributed by atoms with Crippen LogP contribution in [-0.4, -0.2) is 77.8 Å². The first-order chi connectivity index (χ1) is 21.1. The molecule has 238 valence electrons. The van der Waals surface area contributed by atoms with Crippen molar-refractivity contribution in [3.8, 4) is 11.6 Å². The van der Waals surface area contributed by atoms with Gasteiger partial charge in [0, 0.05) is 29.1 Å². The summed E-state index contributed by atoms with van der Waals surface area (Å²) in [6.07, 6.45) is 6.31. The van der Waals surface area contributed by atoms with Gasteiger partial charge in [-0.25, -0.2) is 0 Å². The van der Waals surface area contributed by atoms with Crippen molar-refractivity contribution in [2.75, 3.05) is 45.3 Å². The van der Waals surface area contributed by atoms with Gasteiger partial charge in [0.2, 0.25) is 5.78 Å². The third-order valence-electron chi connectivity index (χ3n) is 9.72. The van der Waals surface area contributed by atoms with E-state index in [4.69, 9.17) is 14.0 Å². The van der Waals surface area contributed by atoms with E-state index in [0.717, 1.165) is 67.3 Å². The normalized spacial score (nSPS) is 26.1. The zero-order chi connectivity index (χ0) is 31.3. The van der Waals surface area contributed by atoms with E-state index in [-0.39, 0.29) is 17.0 Å². The third kappa shape index (κ3) is 4.77. The number of Topliss-reactive ketones (excluding diaryl/α,β-unsaturated/α-hetero) is 2. The van der Waals surface area contributed by atoms with Crippen LogP contribution in [0.15, 0.2) is 26.4 Å². The smallest absolute Gasteiger partial charge is 0.265 e. The van der Waals surface area contributed by atoms with Gasteiger partial charge in [0.1, 0.15) is 17.1 Å². The quantitative estimate of drug-likeness (QED) is 0.299. The number of halogens is 1. The summed E-state index contributed by atoms with van der Waals surface area (Å²) in [5.41, 5.74) is 0.0598. The Morgan fingerprint density at radius 1 is 1.11 bits per heavy atom. The van der Waals surface area contributed by atoms with E-state index in [1.165, 1.54) is 0 Å². The summed E-state index contributed by atoms with van der Waals surface area (Å²) < 4.78 is 18.6. The highest BCUT2D eigenvalue weighted by Gasteiger charge is 2.64. The number of allylic oxidation sites excluding steroid dienone is 1. The maximum atomic E-state index is 14.5. The summed E-state index contributed by atoms with van der Waals surface area (Å²) in [5, 5.41) is 28.3. The molecule has 1 saturated heterocycles. The van der Waals surface area contributed by atoms with Gasteiger partial charge in [-0.05, 0) is 91.3 Å².